The first-order chi connectivity index (χ1) is 21.4. The lowest BCUT2D eigenvalue weighted by molar-refractivity contribution is -0.929. The van der Waals surface area contributed by atoms with Crippen LogP contribution in [0.15, 0.2) is 66.9 Å². The molecule has 7 nitrogen and oxygen atoms in total. The van der Waals surface area contributed by atoms with Gasteiger partial charge in [0.1, 0.15) is 0 Å². The molecule has 0 radical (unpaired) electrons. The summed E-state index contributed by atoms with van der Waals surface area (Å²) in [7, 11) is 0. The van der Waals surface area contributed by atoms with Crippen molar-refractivity contribution >= 4 is 40.4 Å². The van der Waals surface area contributed by atoms with Crippen LogP contribution >= 0.6 is 0 Å². The number of aromatic nitrogens is 3. The zero-order chi connectivity index (χ0) is 31.6. The molecule has 0 spiro atoms. The van der Waals surface area contributed by atoms with Gasteiger partial charge in [-0.25, -0.2) is 0 Å². The predicted octanol–water partition coefficient (Wildman–Crippen LogP) is 8.24. The Bertz CT molecular complexity index is 1390. The average molecular weight is 598 g/mol. The first-order valence-electron chi connectivity index (χ1n) is 16.4. The Hall–Kier alpha value is -3.97. The summed E-state index contributed by atoms with van der Waals surface area (Å²) in [4.78, 5) is 15.5. The Labute approximate surface area is 264 Å². The summed E-state index contributed by atoms with van der Waals surface area (Å²) in [6.45, 7) is 15.0. The molecule has 0 unspecified atom stereocenters. The third-order valence-corrected chi connectivity index (χ3v) is 8.06. The smallest absolute Gasteiger partial charge is 0.0928 e. The predicted molar refractivity (Wildman–Crippen MR) is 183 cm³/mol. The van der Waals surface area contributed by atoms with Gasteiger partial charge in [0.15, 0.2) is 0 Å². The van der Waals surface area contributed by atoms with Crippen LogP contribution in [0.2, 0.25) is 0 Å². The van der Waals surface area contributed by atoms with Crippen LogP contribution in [0.4, 0.5) is 11.4 Å². The third-order valence-electron chi connectivity index (χ3n) is 8.06. The number of quaternary nitrogens is 1. The maximum absolute atomic E-state index is 11.2. The number of fused-ring (bicyclic) bond motifs is 1. The van der Waals surface area contributed by atoms with Gasteiger partial charge in [0.05, 0.1) is 49.1 Å². The zero-order valence-electron chi connectivity index (χ0n) is 27.1. The van der Waals surface area contributed by atoms with E-state index >= 15 is 0 Å². The monoisotopic (exact) mass is 597 g/mol. The first-order valence-corrected chi connectivity index (χ1v) is 16.4. The number of pyridine rings is 1. The molecule has 7 heteroatoms. The van der Waals surface area contributed by atoms with Gasteiger partial charge in [-0.15, -0.1) is 0 Å². The Morgan fingerprint density at radius 1 is 0.818 bits per heavy atom. The van der Waals surface area contributed by atoms with Crippen molar-refractivity contribution in [2.45, 2.75) is 79.1 Å². The molecule has 2 aromatic heterocycles. The van der Waals surface area contributed by atoms with Crippen LogP contribution in [0.3, 0.4) is 0 Å². The van der Waals surface area contributed by atoms with E-state index < -0.39 is 5.97 Å². The van der Waals surface area contributed by atoms with Gasteiger partial charge in [-0.1, -0.05) is 77.6 Å². The number of carboxylic acid groups (broad SMARTS) is 1. The molecule has 0 aliphatic heterocycles. The Balaban J connectivity index is 0.000000271. The molecule has 0 fully saturated rings. The quantitative estimate of drug-likeness (QED) is 0.120. The highest BCUT2D eigenvalue weighted by Gasteiger charge is 2.24. The number of hydrogen-bond donors (Lipinski definition) is 2. The van der Waals surface area contributed by atoms with Gasteiger partial charge in [-0.3, -0.25) is 10.1 Å². The lowest BCUT2D eigenvalue weighted by Crippen LogP contribution is -2.50. The fraction of sp³-hybridized carbons (Fsp3) is 0.432. The van der Waals surface area contributed by atoms with Crippen LogP contribution in [-0.4, -0.2) is 51.8 Å². The van der Waals surface area contributed by atoms with Crippen molar-refractivity contribution in [1.82, 2.24) is 15.2 Å². The normalized spacial score (nSPS) is 11.5. The van der Waals surface area contributed by atoms with Crippen molar-refractivity contribution < 1.29 is 14.4 Å². The van der Waals surface area contributed by atoms with Crippen LogP contribution in [-0.2, 0) is 0 Å². The number of hydrogen-bond acceptors (Lipinski definition) is 5. The van der Waals surface area contributed by atoms with E-state index in [1.54, 1.807) is 24.4 Å². The molecule has 44 heavy (non-hydrogen) atoms. The zero-order valence-corrected chi connectivity index (χ0v) is 27.1. The molecular weight excluding hydrogens is 546 g/mol. The number of unbranched alkanes of at least 4 members (excludes halogenated alkanes) is 4. The number of aromatic amines is 1. The highest BCUT2D eigenvalue weighted by molar-refractivity contribution is 5.95. The van der Waals surface area contributed by atoms with Crippen molar-refractivity contribution in [2.24, 2.45) is 0 Å². The molecule has 2 aromatic carbocycles. The number of carbonyl (C=O) groups excluding carboxylic acids is 1. The van der Waals surface area contributed by atoms with E-state index in [1.807, 2.05) is 48.6 Å². The molecule has 2 heterocycles. The van der Waals surface area contributed by atoms with Gasteiger partial charge in [0.25, 0.3) is 0 Å². The van der Waals surface area contributed by atoms with Gasteiger partial charge in [-0.05, 0) is 74.2 Å². The van der Waals surface area contributed by atoms with Crippen LogP contribution in [0.25, 0.3) is 23.1 Å². The number of aromatic carboxylic acids is 1. The fourth-order valence-corrected chi connectivity index (χ4v) is 5.45. The standard InChI is InChI=1S/C21H16N4O2.C16H36N/c26-21(27)17-6-1-2-7-18(17)23-15-8-10-16-19(24-25-20(16)13-15)11-9-14-5-3-4-12-22-14;1-5-9-13-17(14-10-6-2,15-11-7-3)16-12-8-4/h1-13,23H,(H,24,25)(H,26,27);5-16H2,1-4H3/q;+1/p-1. The second-order valence-corrected chi connectivity index (χ2v) is 11.6. The summed E-state index contributed by atoms with van der Waals surface area (Å²) in [5, 5.41) is 22.6. The molecule has 236 valence electrons. The van der Waals surface area contributed by atoms with Gasteiger partial charge in [0.2, 0.25) is 0 Å². The second kappa shape index (κ2) is 18.6. The number of benzene rings is 2. The van der Waals surface area contributed by atoms with E-state index in [4.69, 9.17) is 0 Å². The summed E-state index contributed by atoms with van der Waals surface area (Å²) in [5.41, 5.74) is 3.84. The minimum Gasteiger partial charge on any atom is -0.545 e. The third kappa shape index (κ3) is 10.6. The average Bonchev–Trinajstić information content (AvgIpc) is 3.46. The van der Waals surface area contributed by atoms with Crippen molar-refractivity contribution in [3.8, 4) is 0 Å². The number of rotatable bonds is 17. The molecule has 0 aliphatic carbocycles. The summed E-state index contributed by atoms with van der Waals surface area (Å²) < 4.78 is 1.42. The van der Waals surface area contributed by atoms with Crippen molar-refractivity contribution in [1.29, 1.82) is 0 Å². The maximum Gasteiger partial charge on any atom is 0.0928 e. The van der Waals surface area contributed by atoms with E-state index in [-0.39, 0.29) is 5.56 Å². The molecule has 0 amide bonds. The van der Waals surface area contributed by atoms with E-state index in [9.17, 15) is 9.90 Å². The van der Waals surface area contributed by atoms with Crippen LogP contribution in [0.5, 0.6) is 0 Å². The number of H-pyrrole nitrogens is 1. The number of nitrogens with zero attached hydrogens (tertiary/aromatic N) is 3. The van der Waals surface area contributed by atoms with E-state index in [0.29, 0.717) is 5.69 Å². The lowest BCUT2D eigenvalue weighted by atomic mass is 10.1. The van der Waals surface area contributed by atoms with Crippen molar-refractivity contribution in [2.75, 3.05) is 31.5 Å². The van der Waals surface area contributed by atoms with Crippen molar-refractivity contribution in [3.63, 3.8) is 0 Å². The lowest BCUT2D eigenvalue weighted by Gasteiger charge is -2.39. The largest absolute Gasteiger partial charge is 0.545 e. The molecule has 0 saturated carbocycles. The number of carbonyl (C=O) groups is 1. The molecule has 4 aromatic rings. The Morgan fingerprint density at radius 2 is 1.43 bits per heavy atom. The van der Waals surface area contributed by atoms with Gasteiger partial charge >= 0.3 is 0 Å². The van der Waals surface area contributed by atoms with Gasteiger partial charge in [0, 0.05) is 28.5 Å². The second-order valence-electron chi connectivity index (χ2n) is 11.6. The van der Waals surface area contributed by atoms with E-state index in [1.165, 1.54) is 88.1 Å². The number of anilines is 2. The van der Waals surface area contributed by atoms with Gasteiger partial charge < -0.3 is 19.7 Å². The summed E-state index contributed by atoms with van der Waals surface area (Å²) in [6, 6.07) is 18.0. The number of nitrogens with one attached hydrogen (secondary N) is 2. The highest BCUT2D eigenvalue weighted by atomic mass is 16.4. The Morgan fingerprint density at radius 3 is 2.00 bits per heavy atom. The van der Waals surface area contributed by atoms with Crippen LogP contribution < -0.4 is 10.4 Å². The Kier molecular flexibility index (Phi) is 14.6. The topological polar surface area (TPSA) is 93.7 Å². The molecule has 4 rings (SSSR count). The molecule has 0 saturated heterocycles. The molecule has 2 N–H and O–H groups in total. The number of carboxylic acids is 1. The molecular formula is C37H51N5O2. The fourth-order valence-electron chi connectivity index (χ4n) is 5.45. The minimum absolute atomic E-state index is 0.112. The van der Waals surface area contributed by atoms with Crippen LogP contribution in [0.1, 0.15) is 101 Å². The highest BCUT2D eigenvalue weighted by Crippen LogP contribution is 2.26. The van der Waals surface area contributed by atoms with Gasteiger partial charge in [-0.2, -0.15) is 5.10 Å². The minimum atomic E-state index is -1.22. The van der Waals surface area contributed by atoms with Crippen LogP contribution in [0, 0.1) is 0 Å². The maximum atomic E-state index is 11.2. The SMILES string of the molecule is CCCC[N+](CCCC)(CCCC)CCCC.O=C([O-])c1ccccc1Nc1ccc2c(C=Cc3ccccn3)n[nH]c2c1. The first kappa shape index (κ1) is 34.5. The van der Waals surface area contributed by atoms with E-state index in [0.717, 1.165) is 28.0 Å². The number of para-hydroxylation sites is 1. The van der Waals surface area contributed by atoms with Crippen molar-refractivity contribution in [3.05, 3.63) is 83.8 Å². The molecule has 0 bridgehead atoms. The molecule has 0 atom stereocenters. The molecule has 0 aliphatic rings. The van der Waals surface area contributed by atoms with E-state index in [2.05, 4.69) is 48.2 Å². The summed E-state index contributed by atoms with van der Waals surface area (Å²) in [6.07, 6.45) is 16.6. The summed E-state index contributed by atoms with van der Waals surface area (Å²) >= 11 is 0. The summed E-state index contributed by atoms with van der Waals surface area (Å²) in [5.74, 6) is -1.22.